The Kier molecular flexibility index (Phi) is 2.51. The second-order valence-corrected chi connectivity index (χ2v) is 5.21. The zero-order valence-corrected chi connectivity index (χ0v) is 11.5. The van der Waals surface area contributed by atoms with E-state index in [1.807, 2.05) is 24.3 Å². The van der Waals surface area contributed by atoms with E-state index in [4.69, 9.17) is 4.74 Å². The summed E-state index contributed by atoms with van der Waals surface area (Å²) < 4.78 is 5.86. The highest BCUT2D eigenvalue weighted by Crippen LogP contribution is 2.47. The van der Waals surface area contributed by atoms with Gasteiger partial charge in [0.25, 0.3) is 0 Å². The molecule has 0 spiro atoms. The molecule has 0 aliphatic carbocycles. The van der Waals surface area contributed by atoms with Gasteiger partial charge in [-0.3, -0.25) is 0 Å². The van der Waals surface area contributed by atoms with Gasteiger partial charge in [-0.05, 0) is 29.3 Å². The van der Waals surface area contributed by atoms with Crippen LogP contribution in [0.25, 0.3) is 21.9 Å². The minimum Gasteiger partial charge on any atom is -0.504 e. The van der Waals surface area contributed by atoms with Crippen molar-refractivity contribution in [2.45, 2.75) is 6.61 Å². The Morgan fingerprint density at radius 3 is 2.68 bits per heavy atom. The number of fused-ring (bicyclic) bond motifs is 5. The lowest BCUT2D eigenvalue weighted by atomic mass is 9.91. The van der Waals surface area contributed by atoms with Crippen LogP contribution >= 0.6 is 0 Å². The van der Waals surface area contributed by atoms with Crippen molar-refractivity contribution in [3.63, 3.8) is 0 Å². The van der Waals surface area contributed by atoms with Crippen molar-refractivity contribution in [1.29, 1.82) is 5.26 Å². The molecule has 3 aromatic carbocycles. The summed E-state index contributed by atoms with van der Waals surface area (Å²) in [7, 11) is 0. The van der Waals surface area contributed by atoms with Crippen molar-refractivity contribution < 1.29 is 14.9 Å². The summed E-state index contributed by atoms with van der Waals surface area (Å²) in [6, 6.07) is 14.7. The fraction of sp³-hybridized carbons (Fsp3) is 0.0556. The molecule has 0 saturated heterocycles. The molecule has 0 aromatic heterocycles. The Labute approximate surface area is 126 Å². The lowest BCUT2D eigenvalue weighted by Crippen LogP contribution is -2.06. The first-order chi connectivity index (χ1) is 10.7. The van der Waals surface area contributed by atoms with Crippen LogP contribution in [-0.4, -0.2) is 10.2 Å². The number of nitriles is 1. The molecule has 0 fully saturated rings. The Bertz CT molecular complexity index is 970. The number of hydrogen-bond acceptors (Lipinski definition) is 4. The van der Waals surface area contributed by atoms with Crippen molar-refractivity contribution >= 4 is 10.8 Å². The van der Waals surface area contributed by atoms with E-state index in [0.29, 0.717) is 28.7 Å². The molecular formula is C18H11NO3. The molecule has 4 rings (SSSR count). The molecule has 0 radical (unpaired) electrons. The molecule has 3 aromatic rings. The van der Waals surface area contributed by atoms with Crippen LogP contribution < -0.4 is 4.74 Å². The summed E-state index contributed by atoms with van der Waals surface area (Å²) >= 11 is 0. The van der Waals surface area contributed by atoms with Gasteiger partial charge in [0, 0.05) is 16.3 Å². The number of phenolic OH excluding ortho intramolecular Hbond substituents is 2. The maximum atomic E-state index is 10.1. The van der Waals surface area contributed by atoms with E-state index in [0.717, 1.165) is 16.7 Å². The molecule has 0 unspecified atom stereocenters. The third kappa shape index (κ3) is 1.57. The molecule has 4 heteroatoms. The molecule has 4 nitrogen and oxygen atoms in total. The standard InChI is InChI=1S/C18H11NO3/c19-8-11-7-14-12-4-2-1-3-10(12)9-22-18(14)13-5-6-15(20)17(21)16(11)13/h1-7,20-21H,9H2. The van der Waals surface area contributed by atoms with E-state index in [1.54, 1.807) is 12.1 Å². The Hall–Kier alpha value is -3.19. The Balaban J connectivity index is 2.17. The predicted octanol–water partition coefficient (Wildman–Crippen LogP) is 3.68. The fourth-order valence-corrected chi connectivity index (χ4v) is 2.97. The molecule has 0 amide bonds. The minimum absolute atomic E-state index is 0.250. The van der Waals surface area contributed by atoms with E-state index in [1.165, 1.54) is 6.07 Å². The smallest absolute Gasteiger partial charge is 0.166 e. The van der Waals surface area contributed by atoms with Crippen molar-refractivity contribution in [2.75, 3.05) is 0 Å². The fourth-order valence-electron chi connectivity index (χ4n) is 2.97. The van der Waals surface area contributed by atoms with Gasteiger partial charge >= 0.3 is 0 Å². The van der Waals surface area contributed by atoms with Gasteiger partial charge in [-0.25, -0.2) is 0 Å². The third-order valence-corrected chi connectivity index (χ3v) is 4.00. The zero-order chi connectivity index (χ0) is 15.3. The van der Waals surface area contributed by atoms with E-state index < -0.39 is 0 Å². The van der Waals surface area contributed by atoms with Gasteiger partial charge in [0.2, 0.25) is 0 Å². The summed E-state index contributed by atoms with van der Waals surface area (Å²) in [4.78, 5) is 0. The monoisotopic (exact) mass is 289 g/mol. The maximum Gasteiger partial charge on any atom is 0.166 e. The lowest BCUT2D eigenvalue weighted by molar-refractivity contribution is 0.306. The van der Waals surface area contributed by atoms with E-state index in [9.17, 15) is 15.5 Å². The summed E-state index contributed by atoms with van der Waals surface area (Å²) in [5.74, 6) is 0.0856. The van der Waals surface area contributed by atoms with Crippen LogP contribution in [0, 0.1) is 11.3 Å². The molecule has 0 bridgehead atoms. The van der Waals surface area contributed by atoms with E-state index in [-0.39, 0.29) is 11.5 Å². The number of aromatic hydroxyl groups is 2. The number of hydrogen-bond donors (Lipinski definition) is 2. The maximum absolute atomic E-state index is 10.1. The SMILES string of the molecule is N#Cc1cc2c(c3ccc(O)c(O)c13)OCc1ccccc1-2. The van der Waals surface area contributed by atoms with Gasteiger partial charge in [-0.2, -0.15) is 5.26 Å². The predicted molar refractivity (Wildman–Crippen MR) is 81.8 cm³/mol. The van der Waals surface area contributed by atoms with Crippen LogP contribution in [0.2, 0.25) is 0 Å². The Morgan fingerprint density at radius 2 is 1.86 bits per heavy atom. The molecule has 2 N–H and O–H groups in total. The first kappa shape index (κ1) is 12.5. The molecule has 1 heterocycles. The summed E-state index contributed by atoms with van der Waals surface area (Å²) in [6.07, 6.45) is 0. The molecule has 0 atom stereocenters. The van der Waals surface area contributed by atoms with Gasteiger partial charge in [0.05, 0.1) is 11.6 Å². The number of rotatable bonds is 0. The molecule has 22 heavy (non-hydrogen) atoms. The highest BCUT2D eigenvalue weighted by Gasteiger charge is 2.23. The number of nitrogens with zero attached hydrogens (tertiary/aromatic N) is 1. The molecule has 1 aliphatic rings. The normalized spacial score (nSPS) is 12.1. The molecule has 106 valence electrons. The highest BCUT2D eigenvalue weighted by atomic mass is 16.5. The van der Waals surface area contributed by atoms with E-state index in [2.05, 4.69) is 6.07 Å². The van der Waals surface area contributed by atoms with Crippen LogP contribution in [-0.2, 0) is 6.61 Å². The first-order valence-electron chi connectivity index (χ1n) is 6.83. The average molecular weight is 289 g/mol. The van der Waals surface area contributed by atoms with Crippen molar-refractivity contribution in [2.24, 2.45) is 0 Å². The van der Waals surface area contributed by atoms with Crippen LogP contribution in [0.4, 0.5) is 0 Å². The van der Waals surface area contributed by atoms with Crippen LogP contribution in [0.1, 0.15) is 11.1 Å². The summed E-state index contributed by atoms with van der Waals surface area (Å²) in [5.41, 5.74) is 3.22. The number of phenols is 2. The largest absolute Gasteiger partial charge is 0.504 e. The topological polar surface area (TPSA) is 73.5 Å². The van der Waals surface area contributed by atoms with Crippen molar-refractivity contribution in [3.05, 3.63) is 53.6 Å². The molecule has 0 saturated carbocycles. The second kappa shape index (κ2) is 4.40. The number of ether oxygens (including phenoxy) is 1. The van der Waals surface area contributed by atoms with Crippen LogP contribution in [0.5, 0.6) is 17.2 Å². The highest BCUT2D eigenvalue weighted by molar-refractivity contribution is 6.03. The second-order valence-electron chi connectivity index (χ2n) is 5.21. The van der Waals surface area contributed by atoms with Crippen LogP contribution in [0.3, 0.4) is 0 Å². The average Bonchev–Trinajstić information content (AvgIpc) is 2.56. The minimum atomic E-state index is -0.292. The molecular weight excluding hydrogens is 278 g/mol. The Morgan fingerprint density at radius 1 is 1.05 bits per heavy atom. The van der Waals surface area contributed by atoms with Gasteiger partial charge in [-0.1, -0.05) is 24.3 Å². The van der Waals surface area contributed by atoms with Crippen molar-refractivity contribution in [3.8, 4) is 34.4 Å². The first-order valence-corrected chi connectivity index (χ1v) is 6.83. The third-order valence-electron chi connectivity index (χ3n) is 4.00. The number of benzene rings is 3. The van der Waals surface area contributed by atoms with Gasteiger partial charge in [0.15, 0.2) is 11.5 Å². The summed E-state index contributed by atoms with van der Waals surface area (Å²) in [6.45, 7) is 0.436. The van der Waals surface area contributed by atoms with Crippen LogP contribution in [0.15, 0.2) is 42.5 Å². The lowest BCUT2D eigenvalue weighted by Gasteiger charge is -2.23. The van der Waals surface area contributed by atoms with Gasteiger partial charge in [-0.15, -0.1) is 0 Å². The summed E-state index contributed by atoms with van der Waals surface area (Å²) in [5, 5.41) is 30.2. The van der Waals surface area contributed by atoms with Gasteiger partial charge in [0.1, 0.15) is 12.4 Å². The molecule has 1 aliphatic heterocycles. The quantitative estimate of drug-likeness (QED) is 0.619. The van der Waals surface area contributed by atoms with Gasteiger partial charge < -0.3 is 14.9 Å². The van der Waals surface area contributed by atoms with Crippen molar-refractivity contribution in [1.82, 2.24) is 0 Å². The zero-order valence-electron chi connectivity index (χ0n) is 11.5. The van der Waals surface area contributed by atoms with E-state index >= 15 is 0 Å².